The van der Waals surface area contributed by atoms with Crippen LogP contribution in [0.5, 0.6) is 0 Å². The van der Waals surface area contributed by atoms with E-state index in [2.05, 4.69) is 18.0 Å². The molecule has 0 saturated heterocycles. The molecule has 1 N–H and O–H groups in total. The van der Waals surface area contributed by atoms with Crippen LogP contribution in [0, 0.1) is 0 Å². The van der Waals surface area contributed by atoms with Crippen molar-refractivity contribution in [3.8, 4) is 0 Å². The van der Waals surface area contributed by atoms with Gasteiger partial charge in [0, 0.05) is 0 Å². The topological polar surface area (TPSA) is 29.5 Å². The molecule has 0 atom stereocenters. The maximum atomic E-state index is 7.84. The number of hydrogen-bond donors (Lipinski definition) is 1. The minimum Gasteiger partial charge on any atom is -0.341 e. The van der Waals surface area contributed by atoms with E-state index in [4.69, 9.17) is 5.26 Å². The van der Waals surface area contributed by atoms with E-state index in [9.17, 15) is 0 Å². The highest BCUT2D eigenvalue weighted by Crippen LogP contribution is 2.00. The van der Waals surface area contributed by atoms with Crippen LogP contribution in [0.1, 0.15) is 6.92 Å². The molecule has 0 aliphatic rings. The van der Waals surface area contributed by atoms with Gasteiger partial charge < -0.3 is 4.89 Å². The SMILES string of the molecule is C=C(C)C(=C)OO. The van der Waals surface area contributed by atoms with E-state index >= 15 is 0 Å². The fourth-order valence-electron chi connectivity index (χ4n) is 0.0779. The largest absolute Gasteiger partial charge is 0.341 e. The van der Waals surface area contributed by atoms with Gasteiger partial charge in [-0.2, -0.15) is 0 Å². The molecule has 2 heteroatoms. The predicted octanol–water partition coefficient (Wildman–Crippen LogP) is 1.57. The molecule has 0 aliphatic carbocycles. The second-order valence-electron chi connectivity index (χ2n) is 1.29. The summed E-state index contributed by atoms with van der Waals surface area (Å²) in [6.45, 7) is 8.44. The standard InChI is InChI=1S/C5H8O2/c1-4(2)5(3)7-6/h6H,1,3H2,2H3. The van der Waals surface area contributed by atoms with E-state index in [1.165, 1.54) is 0 Å². The lowest BCUT2D eigenvalue weighted by molar-refractivity contribution is -0.199. The van der Waals surface area contributed by atoms with Gasteiger partial charge in [-0.3, -0.25) is 0 Å². The van der Waals surface area contributed by atoms with Crippen LogP contribution in [-0.4, -0.2) is 5.26 Å². The van der Waals surface area contributed by atoms with E-state index in [-0.39, 0.29) is 5.76 Å². The van der Waals surface area contributed by atoms with Gasteiger partial charge in [-0.25, -0.2) is 5.26 Å². The van der Waals surface area contributed by atoms with Crippen molar-refractivity contribution in [1.82, 2.24) is 0 Å². The Morgan fingerprint density at radius 2 is 2.00 bits per heavy atom. The molecule has 0 saturated carbocycles. The Morgan fingerprint density at radius 3 is 2.00 bits per heavy atom. The van der Waals surface area contributed by atoms with E-state index in [1.807, 2.05) is 0 Å². The summed E-state index contributed by atoms with van der Waals surface area (Å²) in [5, 5.41) is 7.84. The molecule has 0 amide bonds. The van der Waals surface area contributed by atoms with Crippen LogP contribution in [0.2, 0.25) is 0 Å². The summed E-state index contributed by atoms with van der Waals surface area (Å²) < 4.78 is 0. The summed E-state index contributed by atoms with van der Waals surface area (Å²) in [6, 6.07) is 0. The Hall–Kier alpha value is -0.760. The normalized spacial score (nSPS) is 7.71. The first-order valence-electron chi connectivity index (χ1n) is 1.84. The maximum absolute atomic E-state index is 7.84. The second-order valence-corrected chi connectivity index (χ2v) is 1.29. The number of allylic oxidation sites excluding steroid dienone is 1. The van der Waals surface area contributed by atoms with Crippen LogP contribution < -0.4 is 0 Å². The van der Waals surface area contributed by atoms with Crippen molar-refractivity contribution in [3.05, 3.63) is 24.5 Å². The molecule has 0 unspecified atom stereocenters. The van der Waals surface area contributed by atoms with Crippen molar-refractivity contribution >= 4 is 0 Å². The molecule has 0 bridgehead atoms. The van der Waals surface area contributed by atoms with Crippen molar-refractivity contribution in [2.45, 2.75) is 6.92 Å². The maximum Gasteiger partial charge on any atom is 0.160 e. The minimum absolute atomic E-state index is 0.208. The van der Waals surface area contributed by atoms with Crippen LogP contribution in [0.15, 0.2) is 24.5 Å². The van der Waals surface area contributed by atoms with Gasteiger partial charge in [0.2, 0.25) is 0 Å². The van der Waals surface area contributed by atoms with E-state index in [0.717, 1.165) is 0 Å². The van der Waals surface area contributed by atoms with Crippen molar-refractivity contribution < 1.29 is 10.1 Å². The fraction of sp³-hybridized carbons (Fsp3) is 0.200. The van der Waals surface area contributed by atoms with E-state index < -0.39 is 0 Å². The Bertz CT molecular complexity index is 94.3. The van der Waals surface area contributed by atoms with Gasteiger partial charge in [-0.05, 0) is 12.5 Å². The fourth-order valence-corrected chi connectivity index (χ4v) is 0.0779. The quantitative estimate of drug-likeness (QED) is 0.247. The van der Waals surface area contributed by atoms with Gasteiger partial charge >= 0.3 is 0 Å². The number of hydrogen-bond acceptors (Lipinski definition) is 2. The summed E-state index contributed by atoms with van der Waals surface area (Å²) in [6.07, 6.45) is 0. The van der Waals surface area contributed by atoms with Gasteiger partial charge in [0.15, 0.2) is 5.76 Å². The van der Waals surface area contributed by atoms with Crippen LogP contribution in [-0.2, 0) is 4.89 Å². The summed E-state index contributed by atoms with van der Waals surface area (Å²) in [7, 11) is 0. The lowest BCUT2D eigenvalue weighted by Crippen LogP contribution is -1.82. The van der Waals surface area contributed by atoms with Crippen LogP contribution in [0.4, 0.5) is 0 Å². The molecular weight excluding hydrogens is 92.1 g/mol. The first-order chi connectivity index (χ1) is 3.18. The molecule has 0 aromatic carbocycles. The Morgan fingerprint density at radius 1 is 1.57 bits per heavy atom. The third kappa shape index (κ3) is 2.00. The van der Waals surface area contributed by atoms with Crippen molar-refractivity contribution in [3.63, 3.8) is 0 Å². The molecule has 0 radical (unpaired) electrons. The highest BCUT2D eigenvalue weighted by Gasteiger charge is 1.89. The van der Waals surface area contributed by atoms with E-state index in [0.29, 0.717) is 5.57 Å². The van der Waals surface area contributed by atoms with Crippen molar-refractivity contribution in [2.75, 3.05) is 0 Å². The molecule has 7 heavy (non-hydrogen) atoms. The lowest BCUT2D eigenvalue weighted by atomic mass is 10.3. The highest BCUT2D eigenvalue weighted by molar-refractivity contribution is 5.14. The summed E-state index contributed by atoms with van der Waals surface area (Å²) in [5.41, 5.74) is 0.627. The zero-order valence-corrected chi connectivity index (χ0v) is 4.27. The average molecular weight is 100 g/mol. The molecule has 0 aliphatic heterocycles. The lowest BCUT2D eigenvalue weighted by Gasteiger charge is -1.95. The third-order valence-electron chi connectivity index (χ3n) is 0.586. The third-order valence-corrected chi connectivity index (χ3v) is 0.586. The summed E-state index contributed by atoms with van der Waals surface area (Å²) >= 11 is 0. The summed E-state index contributed by atoms with van der Waals surface area (Å²) in [4.78, 5) is 3.72. The monoisotopic (exact) mass is 100 g/mol. The Labute approximate surface area is 42.7 Å². The van der Waals surface area contributed by atoms with Gasteiger partial charge in [0.25, 0.3) is 0 Å². The van der Waals surface area contributed by atoms with Crippen LogP contribution in [0.3, 0.4) is 0 Å². The Kier molecular flexibility index (Phi) is 2.16. The van der Waals surface area contributed by atoms with Gasteiger partial charge in [-0.1, -0.05) is 13.2 Å². The molecule has 0 aromatic rings. The molecule has 0 fully saturated rings. The van der Waals surface area contributed by atoms with Gasteiger partial charge in [0.1, 0.15) is 0 Å². The van der Waals surface area contributed by atoms with Crippen molar-refractivity contribution in [2.24, 2.45) is 0 Å². The predicted molar refractivity (Wildman–Crippen MR) is 27.7 cm³/mol. The summed E-state index contributed by atoms with van der Waals surface area (Å²) in [5.74, 6) is 0.208. The molecule has 0 rings (SSSR count). The molecule has 0 heterocycles. The molecule has 0 spiro atoms. The smallest absolute Gasteiger partial charge is 0.160 e. The minimum atomic E-state index is 0.208. The molecule has 0 aromatic heterocycles. The van der Waals surface area contributed by atoms with Crippen LogP contribution >= 0.6 is 0 Å². The zero-order valence-electron chi connectivity index (χ0n) is 4.27. The number of rotatable bonds is 2. The van der Waals surface area contributed by atoms with Crippen LogP contribution in [0.25, 0.3) is 0 Å². The zero-order chi connectivity index (χ0) is 5.86. The first-order valence-corrected chi connectivity index (χ1v) is 1.84. The molecule has 40 valence electrons. The van der Waals surface area contributed by atoms with Gasteiger partial charge in [-0.15, -0.1) is 0 Å². The molecular formula is C5H8O2. The first kappa shape index (κ1) is 6.24. The van der Waals surface area contributed by atoms with E-state index in [1.54, 1.807) is 6.92 Å². The van der Waals surface area contributed by atoms with Gasteiger partial charge in [0.05, 0.1) is 0 Å². The van der Waals surface area contributed by atoms with Crippen molar-refractivity contribution in [1.29, 1.82) is 0 Å². The molecule has 2 nitrogen and oxygen atoms in total. The average Bonchev–Trinajstić information content (AvgIpc) is 1.65. The second kappa shape index (κ2) is 2.42. The Balaban J connectivity index is 3.58. The highest BCUT2D eigenvalue weighted by atomic mass is 17.1.